The Bertz CT molecular complexity index is 1840. The van der Waals surface area contributed by atoms with Gasteiger partial charge < -0.3 is 14.5 Å². The lowest BCUT2D eigenvalue weighted by atomic mass is 9.95. The number of halogens is 2. The van der Waals surface area contributed by atoms with Gasteiger partial charge in [0.05, 0.1) is 35.3 Å². The number of hydrogen-bond acceptors (Lipinski definition) is 7. The Hall–Kier alpha value is -4.26. The zero-order chi connectivity index (χ0) is 31.1. The van der Waals surface area contributed by atoms with E-state index in [-0.39, 0.29) is 23.9 Å². The van der Waals surface area contributed by atoms with E-state index >= 15 is 0 Å². The lowest BCUT2D eigenvalue weighted by Gasteiger charge is -2.41. The molecule has 0 aliphatic carbocycles. The zero-order valence-corrected chi connectivity index (χ0v) is 25.7. The minimum atomic E-state index is -0.847. The van der Waals surface area contributed by atoms with Crippen LogP contribution in [0.2, 0.25) is 5.02 Å². The fourth-order valence-corrected chi connectivity index (χ4v) is 7.77. The number of alkyl halides is 1. The molecule has 0 radical (unpaired) electrons. The highest BCUT2D eigenvalue weighted by atomic mass is 35.5. The third-order valence-electron chi connectivity index (χ3n) is 9.62. The van der Waals surface area contributed by atoms with E-state index in [2.05, 4.69) is 22.4 Å². The van der Waals surface area contributed by atoms with Gasteiger partial charge in [0.1, 0.15) is 18.3 Å². The molecule has 3 fully saturated rings. The summed E-state index contributed by atoms with van der Waals surface area (Å²) < 4.78 is 20.9. The highest BCUT2D eigenvalue weighted by Gasteiger charge is 2.49. The number of anilines is 1. The van der Waals surface area contributed by atoms with Gasteiger partial charge in [0.2, 0.25) is 11.8 Å². The predicted molar refractivity (Wildman–Crippen MR) is 174 cm³/mol. The van der Waals surface area contributed by atoms with Gasteiger partial charge >= 0.3 is 0 Å². The molecule has 3 saturated heterocycles. The van der Waals surface area contributed by atoms with Gasteiger partial charge in [-0.1, -0.05) is 48.5 Å². The minimum Gasteiger partial charge on any atom is -0.476 e. The Morgan fingerprint density at radius 1 is 1.20 bits per heavy atom. The number of pyridine rings is 2. The highest BCUT2D eigenvalue weighted by molar-refractivity contribution is 6.36. The average molecular weight is 625 g/mol. The van der Waals surface area contributed by atoms with Gasteiger partial charge in [0, 0.05) is 60.8 Å². The molecule has 7 rings (SSSR count). The molecule has 4 aromatic rings. The van der Waals surface area contributed by atoms with Crippen molar-refractivity contribution in [3.63, 3.8) is 0 Å². The molecule has 5 heterocycles. The van der Waals surface area contributed by atoms with Crippen LogP contribution >= 0.6 is 11.6 Å². The van der Waals surface area contributed by atoms with Crippen LogP contribution in [-0.4, -0.2) is 82.8 Å². The minimum absolute atomic E-state index is 0.182. The Morgan fingerprint density at radius 3 is 2.87 bits per heavy atom. The van der Waals surface area contributed by atoms with Crippen LogP contribution < -0.4 is 9.64 Å². The number of piperazine rings is 1. The van der Waals surface area contributed by atoms with E-state index in [9.17, 15) is 14.4 Å². The number of amides is 1. The summed E-state index contributed by atoms with van der Waals surface area (Å²) in [6.45, 7) is 6.78. The smallest absolute Gasteiger partial charge is 0.246 e. The summed E-state index contributed by atoms with van der Waals surface area (Å²) in [6.07, 6.45) is 4.89. The second-order valence-corrected chi connectivity index (χ2v) is 12.7. The number of nitrogens with zero attached hydrogens (tertiary/aromatic N) is 6. The molecule has 3 aliphatic rings. The molecule has 230 valence electrons. The van der Waals surface area contributed by atoms with E-state index in [1.165, 1.54) is 6.08 Å². The number of carbonyl (C=O) groups is 1. The average Bonchev–Trinajstić information content (AvgIpc) is 3.58. The van der Waals surface area contributed by atoms with Crippen molar-refractivity contribution >= 4 is 45.0 Å². The first-order valence-electron chi connectivity index (χ1n) is 15.4. The topological polar surface area (TPSA) is 85.6 Å². The van der Waals surface area contributed by atoms with Crippen molar-refractivity contribution in [3.8, 4) is 23.1 Å². The van der Waals surface area contributed by atoms with E-state index in [0.29, 0.717) is 61.1 Å². The van der Waals surface area contributed by atoms with Crippen molar-refractivity contribution in [2.24, 2.45) is 0 Å². The number of carbonyl (C=O) groups excluding carboxylic acids is 1. The molecule has 0 saturated carbocycles. The number of nitriles is 1. The van der Waals surface area contributed by atoms with Crippen LogP contribution in [0.25, 0.3) is 32.9 Å². The number of aromatic nitrogens is 2. The molecule has 0 bridgehead atoms. The molecule has 3 aliphatic heterocycles. The number of hydrogen-bond donors (Lipinski definition) is 0. The zero-order valence-electron chi connectivity index (χ0n) is 25.0. The third-order valence-corrected chi connectivity index (χ3v) is 9.94. The molecule has 45 heavy (non-hydrogen) atoms. The van der Waals surface area contributed by atoms with Crippen molar-refractivity contribution < 1.29 is 13.9 Å². The number of rotatable bonds is 7. The Labute approximate surface area is 266 Å². The second kappa shape index (κ2) is 11.9. The predicted octanol–water partition coefficient (Wildman–Crippen LogP) is 6.18. The Morgan fingerprint density at radius 2 is 2.04 bits per heavy atom. The molecule has 0 N–H and O–H groups in total. The number of fused-ring (bicyclic) bond motifs is 3. The first-order valence-corrected chi connectivity index (χ1v) is 15.8. The van der Waals surface area contributed by atoms with Crippen LogP contribution in [-0.2, 0) is 4.79 Å². The fourth-order valence-electron chi connectivity index (χ4n) is 7.49. The van der Waals surface area contributed by atoms with Gasteiger partial charge in [-0.2, -0.15) is 5.26 Å². The van der Waals surface area contributed by atoms with Crippen molar-refractivity contribution in [2.45, 2.75) is 43.4 Å². The maximum Gasteiger partial charge on any atom is 0.246 e. The Balaban J connectivity index is 1.30. The normalized spacial score (nSPS) is 23.3. The number of ether oxygens (including phenoxy) is 1. The van der Waals surface area contributed by atoms with Crippen LogP contribution in [0.15, 0.2) is 67.4 Å². The molecule has 2 aromatic carbocycles. The molecule has 3 atom stereocenters. The van der Waals surface area contributed by atoms with Crippen molar-refractivity contribution in [1.29, 1.82) is 5.26 Å². The van der Waals surface area contributed by atoms with E-state index in [1.54, 1.807) is 4.90 Å². The SMILES string of the molecule is C=CC(=O)N1CCN(c2cc(OC[C@@]34CCCN3CC(F)C4)nc3cc(-c4cccc5cccc(Cl)c45)cnc23)C[C@@H]1CC#N. The van der Waals surface area contributed by atoms with Gasteiger partial charge in [-0.15, -0.1) is 0 Å². The summed E-state index contributed by atoms with van der Waals surface area (Å²) in [5, 5.41) is 12.2. The first kappa shape index (κ1) is 29.5. The monoisotopic (exact) mass is 624 g/mol. The molecule has 10 heteroatoms. The second-order valence-electron chi connectivity index (χ2n) is 12.3. The van der Waals surface area contributed by atoms with Gasteiger partial charge in [0.25, 0.3) is 0 Å². The molecule has 1 amide bonds. The first-order chi connectivity index (χ1) is 21.9. The summed E-state index contributed by atoms with van der Waals surface area (Å²) in [4.78, 5) is 28.5. The molecule has 2 aromatic heterocycles. The van der Waals surface area contributed by atoms with Crippen molar-refractivity contribution in [1.82, 2.24) is 19.8 Å². The molecule has 1 unspecified atom stereocenters. The van der Waals surface area contributed by atoms with Crippen LogP contribution in [0.5, 0.6) is 5.88 Å². The van der Waals surface area contributed by atoms with Crippen molar-refractivity contribution in [3.05, 3.63) is 72.4 Å². The summed E-state index contributed by atoms with van der Waals surface area (Å²) >= 11 is 6.67. The fraction of sp³-hybridized carbons (Fsp3) is 0.371. The lowest BCUT2D eigenvalue weighted by Crippen LogP contribution is -2.55. The number of benzene rings is 2. The van der Waals surface area contributed by atoms with Crippen molar-refractivity contribution in [2.75, 3.05) is 44.2 Å². The highest BCUT2D eigenvalue weighted by Crippen LogP contribution is 2.41. The maximum absolute atomic E-state index is 14.5. The van der Waals surface area contributed by atoms with Crippen LogP contribution in [0.4, 0.5) is 10.1 Å². The maximum atomic E-state index is 14.5. The van der Waals surface area contributed by atoms with Crippen LogP contribution in [0, 0.1) is 11.3 Å². The third kappa shape index (κ3) is 5.36. The summed E-state index contributed by atoms with van der Waals surface area (Å²) in [5.74, 6) is 0.260. The van der Waals surface area contributed by atoms with E-state index in [0.717, 1.165) is 47.0 Å². The van der Waals surface area contributed by atoms with Crippen LogP contribution in [0.3, 0.4) is 0 Å². The van der Waals surface area contributed by atoms with E-state index < -0.39 is 6.17 Å². The summed E-state index contributed by atoms with van der Waals surface area (Å²) in [5.41, 5.74) is 3.68. The standard InChI is InChI=1S/C35H34ClFN6O2/c1-2-32(44)43-15-14-41(21-26(43)10-12-38)30-17-31(45-22-35-11-5-13-42(35)20-25(37)18-35)40-29-16-24(19-39-34(29)30)27-8-3-6-23-7-4-9-28(36)33(23)27/h2-4,6-9,16-17,19,25-26H,1,5,10-11,13-15,18,20-22H2/t25?,26-,35-/m0/s1. The van der Waals surface area contributed by atoms with Gasteiger partial charge in [-0.3, -0.25) is 14.7 Å². The van der Waals surface area contributed by atoms with Crippen LogP contribution in [0.1, 0.15) is 25.7 Å². The Kier molecular flexibility index (Phi) is 7.80. The molecular weight excluding hydrogens is 591 g/mol. The summed E-state index contributed by atoms with van der Waals surface area (Å²) in [7, 11) is 0. The molecular formula is C35H34ClFN6O2. The summed E-state index contributed by atoms with van der Waals surface area (Å²) in [6, 6.07) is 17.8. The van der Waals surface area contributed by atoms with Gasteiger partial charge in [0.15, 0.2) is 0 Å². The quantitative estimate of drug-likeness (QED) is 0.227. The van der Waals surface area contributed by atoms with E-state index in [4.69, 9.17) is 26.3 Å². The van der Waals surface area contributed by atoms with Gasteiger partial charge in [-0.05, 0) is 48.5 Å². The molecule has 8 nitrogen and oxygen atoms in total. The van der Waals surface area contributed by atoms with E-state index in [1.807, 2.05) is 54.7 Å². The largest absolute Gasteiger partial charge is 0.476 e. The lowest BCUT2D eigenvalue weighted by molar-refractivity contribution is -0.128. The molecule has 0 spiro atoms. The van der Waals surface area contributed by atoms with Gasteiger partial charge in [-0.25, -0.2) is 9.37 Å².